The van der Waals surface area contributed by atoms with Gasteiger partial charge >= 0.3 is 5.97 Å². The average Bonchev–Trinajstić information content (AvgIpc) is 2.96. The van der Waals surface area contributed by atoms with Crippen molar-refractivity contribution in [1.82, 2.24) is 0 Å². The molecule has 0 fully saturated rings. The number of benzene rings is 1. The second-order valence-corrected chi connectivity index (χ2v) is 7.19. The minimum atomic E-state index is -1.15. The van der Waals surface area contributed by atoms with Gasteiger partial charge in [0, 0.05) is 16.2 Å². The van der Waals surface area contributed by atoms with Gasteiger partial charge in [0.05, 0.1) is 19.8 Å². The molecule has 0 bridgehead atoms. The fourth-order valence-electron chi connectivity index (χ4n) is 2.10. The maximum atomic E-state index is 14.7. The van der Waals surface area contributed by atoms with Crippen LogP contribution in [0.15, 0.2) is 18.2 Å². The Kier molecular flexibility index (Phi) is 6.90. The van der Waals surface area contributed by atoms with E-state index in [2.05, 4.69) is 0 Å². The lowest BCUT2D eigenvalue weighted by atomic mass is 10.1. The van der Waals surface area contributed by atoms with Crippen LogP contribution in [0.5, 0.6) is 0 Å². The van der Waals surface area contributed by atoms with Crippen LogP contribution in [0.4, 0.5) is 4.39 Å². The summed E-state index contributed by atoms with van der Waals surface area (Å²) in [7, 11) is -1.15. The molecule has 0 aliphatic rings. The predicted octanol–water partition coefficient (Wildman–Crippen LogP) is 5.10. The van der Waals surface area contributed by atoms with Crippen molar-refractivity contribution in [1.29, 1.82) is 0 Å². The molecule has 1 heterocycles. The third-order valence-corrected chi connectivity index (χ3v) is 5.81. The van der Waals surface area contributed by atoms with Crippen LogP contribution in [-0.4, -0.2) is 25.8 Å². The van der Waals surface area contributed by atoms with Gasteiger partial charge in [0.15, 0.2) is 8.38 Å². The fraction of sp³-hybridized carbons (Fsp3) is 0.438. The van der Waals surface area contributed by atoms with E-state index in [4.69, 9.17) is 13.8 Å². The van der Waals surface area contributed by atoms with Crippen LogP contribution in [0.1, 0.15) is 36.0 Å². The number of halogens is 1. The van der Waals surface area contributed by atoms with Gasteiger partial charge < -0.3 is 13.8 Å². The molecule has 23 heavy (non-hydrogen) atoms. The summed E-state index contributed by atoms with van der Waals surface area (Å²) >= 11 is 1.24. The number of hydrogen-bond donors (Lipinski definition) is 0. The molecule has 0 amide bonds. The lowest BCUT2D eigenvalue weighted by molar-refractivity contribution is 0.0532. The number of esters is 1. The van der Waals surface area contributed by atoms with Crippen molar-refractivity contribution < 1.29 is 23.0 Å². The molecule has 0 saturated carbocycles. The van der Waals surface area contributed by atoms with E-state index >= 15 is 0 Å². The van der Waals surface area contributed by atoms with Gasteiger partial charge in [-0.3, -0.25) is 0 Å². The molecule has 0 atom stereocenters. The largest absolute Gasteiger partial charge is 0.462 e. The van der Waals surface area contributed by atoms with Gasteiger partial charge in [-0.2, -0.15) is 0 Å². The van der Waals surface area contributed by atoms with Crippen LogP contribution in [0.3, 0.4) is 0 Å². The number of fused-ring (bicyclic) bond motifs is 1. The molecule has 2 aromatic rings. The molecule has 2 rings (SSSR count). The molecule has 4 nitrogen and oxygen atoms in total. The molecule has 0 unspecified atom stereocenters. The van der Waals surface area contributed by atoms with Gasteiger partial charge in [0.25, 0.3) is 0 Å². The molecule has 0 radical (unpaired) electrons. The van der Waals surface area contributed by atoms with Gasteiger partial charge in [-0.1, -0.05) is 6.07 Å². The maximum absolute atomic E-state index is 14.7. The SMILES string of the molecule is CCOC(=O)c1cc2c(F)c(CP(OCC)OCC)ccc2s1. The molecule has 0 spiro atoms. The summed E-state index contributed by atoms with van der Waals surface area (Å²) in [6.07, 6.45) is 0.392. The average molecular weight is 358 g/mol. The zero-order chi connectivity index (χ0) is 16.8. The van der Waals surface area contributed by atoms with Crippen molar-refractivity contribution in [2.75, 3.05) is 19.8 Å². The van der Waals surface area contributed by atoms with E-state index < -0.39 is 14.3 Å². The summed E-state index contributed by atoms with van der Waals surface area (Å²) in [5.41, 5.74) is 0.540. The summed E-state index contributed by atoms with van der Waals surface area (Å²) in [6.45, 7) is 6.88. The topological polar surface area (TPSA) is 44.8 Å². The Labute approximate surface area is 140 Å². The first-order valence-electron chi connectivity index (χ1n) is 7.52. The van der Waals surface area contributed by atoms with Crippen molar-refractivity contribution in [2.45, 2.75) is 26.9 Å². The predicted molar refractivity (Wildman–Crippen MR) is 91.6 cm³/mol. The number of ether oxygens (including phenoxy) is 1. The molecule has 0 aliphatic carbocycles. The van der Waals surface area contributed by atoms with Crippen LogP contribution in [-0.2, 0) is 19.9 Å². The zero-order valence-electron chi connectivity index (χ0n) is 13.4. The van der Waals surface area contributed by atoms with Crippen LogP contribution in [0.25, 0.3) is 10.1 Å². The molecular formula is C16H20FO4PS. The first-order valence-corrected chi connectivity index (χ1v) is 9.70. The van der Waals surface area contributed by atoms with E-state index in [0.29, 0.717) is 41.8 Å². The Balaban J connectivity index is 2.28. The van der Waals surface area contributed by atoms with Crippen molar-refractivity contribution in [2.24, 2.45) is 0 Å². The number of thiophene rings is 1. The fourth-order valence-corrected chi connectivity index (χ4v) is 4.41. The Morgan fingerprint density at radius 3 is 2.48 bits per heavy atom. The highest BCUT2D eigenvalue weighted by Gasteiger charge is 2.18. The van der Waals surface area contributed by atoms with Gasteiger partial charge in [-0.05, 0) is 38.5 Å². The van der Waals surface area contributed by atoms with E-state index in [1.54, 1.807) is 19.1 Å². The molecule has 1 aromatic heterocycles. The minimum Gasteiger partial charge on any atom is -0.462 e. The molecule has 0 saturated heterocycles. The van der Waals surface area contributed by atoms with Crippen LogP contribution in [0, 0.1) is 5.82 Å². The smallest absolute Gasteiger partial charge is 0.348 e. The highest BCUT2D eigenvalue weighted by atomic mass is 32.1. The number of carbonyl (C=O) groups excluding carboxylic acids is 1. The van der Waals surface area contributed by atoms with Crippen LogP contribution in [0.2, 0.25) is 0 Å². The zero-order valence-corrected chi connectivity index (χ0v) is 15.1. The molecule has 126 valence electrons. The first-order chi connectivity index (χ1) is 11.1. The summed E-state index contributed by atoms with van der Waals surface area (Å²) in [6, 6.07) is 5.11. The van der Waals surface area contributed by atoms with E-state index in [9.17, 15) is 9.18 Å². The Morgan fingerprint density at radius 2 is 1.87 bits per heavy atom. The molecule has 1 aromatic carbocycles. The van der Waals surface area contributed by atoms with Gasteiger partial charge in [-0.25, -0.2) is 9.18 Å². The number of carbonyl (C=O) groups is 1. The Morgan fingerprint density at radius 1 is 1.17 bits per heavy atom. The number of rotatable bonds is 8. The minimum absolute atomic E-state index is 0.299. The van der Waals surface area contributed by atoms with E-state index in [1.165, 1.54) is 11.3 Å². The van der Waals surface area contributed by atoms with E-state index in [1.807, 2.05) is 19.9 Å². The summed E-state index contributed by atoms with van der Waals surface area (Å²) in [4.78, 5) is 12.2. The summed E-state index contributed by atoms with van der Waals surface area (Å²) < 4.78 is 31.5. The highest BCUT2D eigenvalue weighted by molar-refractivity contribution is 7.46. The normalized spacial score (nSPS) is 11.3. The molecule has 7 heteroatoms. The van der Waals surface area contributed by atoms with Crippen LogP contribution >= 0.6 is 19.7 Å². The van der Waals surface area contributed by atoms with Crippen molar-refractivity contribution in [3.05, 3.63) is 34.5 Å². The van der Waals surface area contributed by atoms with Crippen molar-refractivity contribution >= 4 is 35.8 Å². The van der Waals surface area contributed by atoms with Gasteiger partial charge in [0.1, 0.15) is 10.7 Å². The molecule has 0 aliphatic heterocycles. The second-order valence-electron chi connectivity index (χ2n) is 4.61. The molecular weight excluding hydrogens is 338 g/mol. The van der Waals surface area contributed by atoms with Crippen LogP contribution < -0.4 is 0 Å². The van der Waals surface area contributed by atoms with E-state index in [-0.39, 0.29) is 5.82 Å². The third-order valence-electron chi connectivity index (χ3n) is 3.04. The van der Waals surface area contributed by atoms with Gasteiger partial charge in [-0.15, -0.1) is 11.3 Å². The monoisotopic (exact) mass is 358 g/mol. The van der Waals surface area contributed by atoms with E-state index in [0.717, 1.165) is 4.70 Å². The summed E-state index contributed by atoms with van der Waals surface area (Å²) in [5, 5.41) is 0.443. The highest BCUT2D eigenvalue weighted by Crippen LogP contribution is 2.43. The van der Waals surface area contributed by atoms with Crippen molar-refractivity contribution in [3.8, 4) is 0 Å². The van der Waals surface area contributed by atoms with Crippen molar-refractivity contribution in [3.63, 3.8) is 0 Å². The Bertz CT molecular complexity index is 667. The third kappa shape index (κ3) is 4.48. The lowest BCUT2D eigenvalue weighted by Gasteiger charge is -2.16. The maximum Gasteiger partial charge on any atom is 0.348 e. The lowest BCUT2D eigenvalue weighted by Crippen LogP contribution is -2.01. The number of hydrogen-bond acceptors (Lipinski definition) is 5. The Hall–Kier alpha value is -1.07. The standard InChI is InChI=1S/C16H20FO4PS/c1-4-19-16(18)14-9-12-13(23-14)8-7-11(15(12)17)10-22(20-5-2)21-6-3/h7-9H,4-6,10H2,1-3H3. The second kappa shape index (κ2) is 8.69. The van der Waals surface area contributed by atoms with Gasteiger partial charge in [0.2, 0.25) is 0 Å². The summed E-state index contributed by atoms with van der Waals surface area (Å²) in [5.74, 6) is -0.735. The first kappa shape index (κ1) is 18.3. The quantitative estimate of drug-likeness (QED) is 0.486. The molecule has 0 N–H and O–H groups in total.